The van der Waals surface area contributed by atoms with Gasteiger partial charge in [-0.05, 0) is 50.5 Å². The van der Waals surface area contributed by atoms with Gasteiger partial charge in [0.05, 0.1) is 6.20 Å². The van der Waals surface area contributed by atoms with Gasteiger partial charge in [-0.15, -0.1) is 0 Å². The maximum Gasteiger partial charge on any atom is 0.321 e. The summed E-state index contributed by atoms with van der Waals surface area (Å²) in [7, 11) is 1.74. The van der Waals surface area contributed by atoms with E-state index < -0.39 is 0 Å². The third kappa shape index (κ3) is 4.22. The Morgan fingerprint density at radius 3 is 2.66 bits per heavy atom. The van der Waals surface area contributed by atoms with Gasteiger partial charge >= 0.3 is 6.03 Å². The first-order valence-corrected chi connectivity index (χ1v) is 11.6. The van der Waals surface area contributed by atoms with Crippen molar-refractivity contribution in [3.8, 4) is 0 Å². The minimum absolute atomic E-state index is 0.171. The van der Waals surface area contributed by atoms with Gasteiger partial charge in [0, 0.05) is 49.2 Å². The summed E-state index contributed by atoms with van der Waals surface area (Å²) in [6.45, 7) is 2.47. The van der Waals surface area contributed by atoms with E-state index in [1.807, 2.05) is 6.92 Å². The summed E-state index contributed by atoms with van der Waals surface area (Å²) in [6.07, 6.45) is 12.1. The lowest BCUT2D eigenvalue weighted by Crippen LogP contribution is -2.38. The van der Waals surface area contributed by atoms with E-state index in [4.69, 9.17) is 4.98 Å². The SMILES string of the molecule is CCNC(=O)N(C)c1cnc(Nc2ccc(N3C=CC4CC43)cc2)nc1NC1CCCC1. The summed E-state index contributed by atoms with van der Waals surface area (Å²) in [5.41, 5.74) is 2.81. The summed E-state index contributed by atoms with van der Waals surface area (Å²) in [6, 6.07) is 9.22. The van der Waals surface area contributed by atoms with Gasteiger partial charge in [0.15, 0.2) is 5.82 Å². The number of urea groups is 1. The molecule has 3 aliphatic rings. The van der Waals surface area contributed by atoms with Gasteiger partial charge in [-0.2, -0.15) is 4.98 Å². The highest BCUT2D eigenvalue weighted by Crippen LogP contribution is 2.44. The highest BCUT2D eigenvalue weighted by Gasteiger charge is 2.43. The standard InChI is InChI=1S/C24H31N7O/c1-3-25-24(32)30(2)21-15-26-23(29-22(21)27-17-6-4-5-7-17)28-18-8-10-19(11-9-18)31-13-12-16-14-20(16)31/h8-13,15-17,20H,3-7,14H2,1-2H3,(H,25,32)(H2,26,27,28,29). The van der Waals surface area contributed by atoms with E-state index in [0.29, 0.717) is 36.1 Å². The number of nitrogens with zero attached hydrogens (tertiary/aromatic N) is 4. The summed E-state index contributed by atoms with van der Waals surface area (Å²) in [5, 5.41) is 9.69. The third-order valence-electron chi connectivity index (χ3n) is 6.54. The highest BCUT2D eigenvalue weighted by molar-refractivity contribution is 5.94. The van der Waals surface area contributed by atoms with Crippen molar-refractivity contribution < 1.29 is 4.79 Å². The van der Waals surface area contributed by atoms with Crippen LogP contribution in [0.5, 0.6) is 0 Å². The minimum atomic E-state index is -0.171. The molecule has 168 valence electrons. The Hall–Kier alpha value is -3.29. The first-order valence-electron chi connectivity index (χ1n) is 11.6. The molecule has 0 saturated heterocycles. The van der Waals surface area contributed by atoms with Gasteiger partial charge in [-0.25, -0.2) is 9.78 Å². The van der Waals surface area contributed by atoms with Crippen molar-refractivity contribution in [3.05, 3.63) is 42.7 Å². The fourth-order valence-corrected chi connectivity index (χ4v) is 4.59. The molecule has 1 aromatic heterocycles. The van der Waals surface area contributed by atoms with Crippen LogP contribution in [0.25, 0.3) is 0 Å². The number of carbonyl (C=O) groups excluding carboxylic acids is 1. The molecule has 2 fully saturated rings. The Bertz CT molecular complexity index is 1000. The molecule has 2 aliphatic carbocycles. The summed E-state index contributed by atoms with van der Waals surface area (Å²) < 4.78 is 0. The minimum Gasteiger partial charge on any atom is -0.365 e. The average Bonchev–Trinajstić information content (AvgIpc) is 3.18. The molecule has 2 atom stereocenters. The van der Waals surface area contributed by atoms with Crippen LogP contribution in [0, 0.1) is 5.92 Å². The molecule has 0 spiro atoms. The second kappa shape index (κ2) is 8.68. The first-order chi connectivity index (χ1) is 15.6. The number of amides is 2. The molecule has 1 aliphatic heterocycles. The van der Waals surface area contributed by atoms with Gasteiger partial charge < -0.3 is 20.9 Å². The topological polar surface area (TPSA) is 85.4 Å². The van der Waals surface area contributed by atoms with Crippen LogP contribution in [0.2, 0.25) is 0 Å². The van der Waals surface area contributed by atoms with E-state index in [2.05, 4.69) is 62.4 Å². The molecule has 0 radical (unpaired) electrons. The van der Waals surface area contributed by atoms with Crippen molar-refractivity contribution in [2.24, 2.45) is 5.92 Å². The van der Waals surface area contributed by atoms with Crippen LogP contribution in [-0.4, -0.2) is 41.7 Å². The van der Waals surface area contributed by atoms with Crippen LogP contribution >= 0.6 is 0 Å². The van der Waals surface area contributed by atoms with E-state index in [1.54, 1.807) is 18.1 Å². The van der Waals surface area contributed by atoms with Crippen molar-refractivity contribution in [3.63, 3.8) is 0 Å². The molecule has 2 aromatic rings. The number of hydrogen-bond donors (Lipinski definition) is 3. The quantitative estimate of drug-likeness (QED) is 0.598. The fraction of sp³-hybridized carbons (Fsp3) is 0.458. The number of nitrogens with one attached hydrogen (secondary N) is 3. The van der Waals surface area contributed by atoms with E-state index in [1.165, 1.54) is 24.9 Å². The lowest BCUT2D eigenvalue weighted by molar-refractivity contribution is 0.248. The van der Waals surface area contributed by atoms with Crippen LogP contribution in [0.3, 0.4) is 0 Å². The number of hydrogen-bond acceptors (Lipinski definition) is 6. The number of benzene rings is 1. The summed E-state index contributed by atoms with van der Waals surface area (Å²) in [5.74, 6) is 1.93. The zero-order chi connectivity index (χ0) is 22.1. The Kier molecular flexibility index (Phi) is 5.59. The average molecular weight is 434 g/mol. The number of rotatable bonds is 7. The third-order valence-corrected chi connectivity index (χ3v) is 6.54. The molecule has 3 N–H and O–H groups in total. The van der Waals surface area contributed by atoms with Crippen molar-refractivity contribution >= 4 is 34.9 Å². The zero-order valence-electron chi connectivity index (χ0n) is 18.7. The normalized spacial score (nSPS) is 21.4. The monoisotopic (exact) mass is 433 g/mol. The van der Waals surface area contributed by atoms with E-state index in [0.717, 1.165) is 24.4 Å². The molecular formula is C24H31N7O. The zero-order valence-corrected chi connectivity index (χ0v) is 18.7. The second-order valence-corrected chi connectivity index (χ2v) is 8.84. The molecule has 2 saturated carbocycles. The second-order valence-electron chi connectivity index (χ2n) is 8.84. The van der Waals surface area contributed by atoms with Crippen molar-refractivity contribution in [2.45, 2.75) is 51.1 Å². The maximum atomic E-state index is 12.4. The predicted octanol–water partition coefficient (Wildman–Crippen LogP) is 4.46. The van der Waals surface area contributed by atoms with Crippen molar-refractivity contribution in [1.82, 2.24) is 15.3 Å². The molecule has 5 rings (SSSR count). The van der Waals surface area contributed by atoms with E-state index in [-0.39, 0.29) is 6.03 Å². The largest absolute Gasteiger partial charge is 0.365 e. The van der Waals surface area contributed by atoms with Gasteiger partial charge in [0.1, 0.15) is 5.69 Å². The smallest absolute Gasteiger partial charge is 0.321 e. The van der Waals surface area contributed by atoms with Gasteiger partial charge in [0.2, 0.25) is 5.95 Å². The molecule has 2 heterocycles. The van der Waals surface area contributed by atoms with Crippen LogP contribution in [0.4, 0.5) is 33.6 Å². The molecule has 1 aromatic carbocycles. The number of fused-ring (bicyclic) bond motifs is 1. The van der Waals surface area contributed by atoms with Crippen LogP contribution in [-0.2, 0) is 0 Å². The maximum absolute atomic E-state index is 12.4. The Morgan fingerprint density at radius 1 is 1.22 bits per heavy atom. The van der Waals surface area contributed by atoms with Gasteiger partial charge in [0.25, 0.3) is 0 Å². The molecule has 2 unspecified atom stereocenters. The Balaban J connectivity index is 1.34. The summed E-state index contributed by atoms with van der Waals surface area (Å²) >= 11 is 0. The Labute approximate surface area is 189 Å². The Morgan fingerprint density at radius 2 is 2.00 bits per heavy atom. The van der Waals surface area contributed by atoms with Crippen LogP contribution < -0.4 is 25.8 Å². The number of anilines is 5. The predicted molar refractivity (Wildman–Crippen MR) is 129 cm³/mol. The number of aromatic nitrogens is 2. The van der Waals surface area contributed by atoms with Crippen molar-refractivity contribution in [1.29, 1.82) is 0 Å². The van der Waals surface area contributed by atoms with Crippen LogP contribution in [0.1, 0.15) is 39.0 Å². The molecule has 8 nitrogen and oxygen atoms in total. The van der Waals surface area contributed by atoms with E-state index in [9.17, 15) is 4.79 Å². The molecular weight excluding hydrogens is 402 g/mol. The lowest BCUT2D eigenvalue weighted by Gasteiger charge is -2.23. The molecule has 2 amide bonds. The van der Waals surface area contributed by atoms with Crippen molar-refractivity contribution in [2.75, 3.05) is 34.0 Å². The van der Waals surface area contributed by atoms with Gasteiger partial charge in [-0.3, -0.25) is 4.90 Å². The molecule has 32 heavy (non-hydrogen) atoms. The first kappa shape index (κ1) is 20.6. The van der Waals surface area contributed by atoms with Gasteiger partial charge in [-0.1, -0.05) is 18.9 Å². The molecule has 8 heteroatoms. The number of carbonyl (C=O) groups is 1. The van der Waals surface area contributed by atoms with Crippen LogP contribution in [0.15, 0.2) is 42.7 Å². The van der Waals surface area contributed by atoms with E-state index >= 15 is 0 Å². The fourth-order valence-electron chi connectivity index (χ4n) is 4.59. The lowest BCUT2D eigenvalue weighted by atomic mass is 10.2. The molecule has 0 bridgehead atoms. The summed E-state index contributed by atoms with van der Waals surface area (Å²) in [4.78, 5) is 25.5. The highest BCUT2D eigenvalue weighted by atomic mass is 16.2.